The van der Waals surface area contributed by atoms with Crippen LogP contribution in [0.15, 0.2) is 48.6 Å². The smallest absolute Gasteiger partial charge is 0.263 e. The van der Waals surface area contributed by atoms with Gasteiger partial charge in [0.1, 0.15) is 16.7 Å². The number of nitrogens with one attached hydrogen (secondary N) is 1. The summed E-state index contributed by atoms with van der Waals surface area (Å²) in [4.78, 5) is 15.5. The van der Waals surface area contributed by atoms with Gasteiger partial charge in [-0.3, -0.25) is 9.52 Å². The number of allylic oxidation sites excluding steroid dienone is 2. The predicted octanol–water partition coefficient (Wildman–Crippen LogP) is 6.68. The number of amides is 1. The summed E-state index contributed by atoms with van der Waals surface area (Å²) < 4.78 is 21.8. The Labute approximate surface area is 234 Å². The lowest BCUT2D eigenvalue weighted by Gasteiger charge is -2.41. The van der Waals surface area contributed by atoms with Crippen LogP contribution in [0.1, 0.15) is 73.4 Å². The van der Waals surface area contributed by atoms with Crippen LogP contribution >= 0.6 is 11.6 Å². The molecule has 5 rings (SSSR count). The fraction of sp³-hybridized carbons (Fsp3) is 0.516. The number of anilines is 1. The van der Waals surface area contributed by atoms with E-state index in [4.69, 9.17) is 16.3 Å². The van der Waals surface area contributed by atoms with E-state index in [-0.39, 0.29) is 17.7 Å². The van der Waals surface area contributed by atoms with Crippen LogP contribution in [-0.4, -0.2) is 35.6 Å². The Bertz CT molecular complexity index is 1220. The maximum atomic E-state index is 13.1. The van der Waals surface area contributed by atoms with Gasteiger partial charge in [0, 0.05) is 35.3 Å². The van der Waals surface area contributed by atoms with Gasteiger partial charge in [0.05, 0.1) is 12.3 Å². The Kier molecular flexibility index (Phi) is 8.79. The minimum absolute atomic E-state index is 0.191. The van der Waals surface area contributed by atoms with Crippen LogP contribution in [0, 0.1) is 17.8 Å². The quantitative estimate of drug-likeness (QED) is 0.430. The molecule has 2 bridgehead atoms. The van der Waals surface area contributed by atoms with Crippen molar-refractivity contribution in [3.8, 4) is 5.75 Å². The third-order valence-electron chi connectivity index (χ3n) is 8.32. The lowest BCUT2D eigenvalue weighted by atomic mass is 9.71. The first-order valence-electron chi connectivity index (χ1n) is 14.1. The van der Waals surface area contributed by atoms with E-state index in [9.17, 15) is 9.00 Å². The fourth-order valence-corrected chi connectivity index (χ4v) is 7.31. The number of rotatable bonds is 3. The third-order valence-corrected chi connectivity index (χ3v) is 9.84. The Morgan fingerprint density at radius 1 is 1.08 bits per heavy atom. The molecule has 2 aromatic rings. The molecule has 1 amide bonds. The molecule has 7 heteroatoms. The minimum Gasteiger partial charge on any atom is -0.491 e. The number of halogens is 1. The maximum Gasteiger partial charge on any atom is 0.263 e. The standard InChI is InChI=1S/C31H39ClN2O3S/c1-3-6-23-15-27(32)12-13-28(23)26-18-34-17-25-10-9-22(25)8-5-4-7-21(2)20-38(36)33-31(35)24-11-14-30(37-19-26)29(34)16-24/h4-5,11-16,21-22,25-26H,3,6-10,17-20H2,1-2H3,(H,33,35)/b5-4+. The monoisotopic (exact) mass is 554 g/mol. The molecule has 0 aromatic heterocycles. The molecule has 204 valence electrons. The minimum atomic E-state index is -1.42. The molecule has 0 saturated heterocycles. The van der Waals surface area contributed by atoms with Gasteiger partial charge < -0.3 is 9.64 Å². The van der Waals surface area contributed by atoms with E-state index in [1.807, 2.05) is 18.2 Å². The summed E-state index contributed by atoms with van der Waals surface area (Å²) in [6.45, 7) is 6.62. The summed E-state index contributed by atoms with van der Waals surface area (Å²) in [7, 11) is -1.42. The molecule has 1 aliphatic carbocycles. The van der Waals surface area contributed by atoms with Crippen molar-refractivity contribution < 1.29 is 13.7 Å². The van der Waals surface area contributed by atoms with Gasteiger partial charge in [-0.05, 0) is 91.3 Å². The van der Waals surface area contributed by atoms with Crippen LogP contribution in [0.2, 0.25) is 5.02 Å². The van der Waals surface area contributed by atoms with Crippen molar-refractivity contribution in [1.29, 1.82) is 0 Å². The van der Waals surface area contributed by atoms with Gasteiger partial charge in [-0.1, -0.05) is 50.1 Å². The van der Waals surface area contributed by atoms with Crippen LogP contribution in [0.3, 0.4) is 0 Å². The molecule has 2 aromatic carbocycles. The molecule has 1 N–H and O–H groups in total. The molecular weight excluding hydrogens is 516 g/mol. The van der Waals surface area contributed by atoms with Crippen LogP contribution in [-0.2, 0) is 17.4 Å². The second-order valence-corrected chi connectivity index (χ2v) is 12.9. The first-order chi connectivity index (χ1) is 18.4. The first kappa shape index (κ1) is 27.3. The molecule has 5 nitrogen and oxygen atoms in total. The van der Waals surface area contributed by atoms with E-state index in [0.717, 1.165) is 55.2 Å². The van der Waals surface area contributed by atoms with Crippen molar-refractivity contribution in [3.05, 3.63) is 70.3 Å². The largest absolute Gasteiger partial charge is 0.491 e. The summed E-state index contributed by atoms with van der Waals surface area (Å²) in [5, 5.41) is 0.771. The molecule has 2 aliphatic heterocycles. The molecule has 2 heterocycles. The number of hydrogen-bond donors (Lipinski definition) is 1. The normalized spacial score (nSPS) is 28.8. The lowest BCUT2D eigenvalue weighted by molar-refractivity contribution is 0.0983. The Morgan fingerprint density at radius 2 is 1.89 bits per heavy atom. The van der Waals surface area contributed by atoms with E-state index < -0.39 is 11.0 Å². The molecule has 5 unspecified atom stereocenters. The summed E-state index contributed by atoms with van der Waals surface area (Å²) in [6.07, 6.45) is 11.0. The van der Waals surface area contributed by atoms with Crippen LogP contribution < -0.4 is 14.4 Å². The highest BCUT2D eigenvalue weighted by Gasteiger charge is 2.34. The number of carbonyl (C=O) groups is 1. The summed E-state index contributed by atoms with van der Waals surface area (Å²) in [5.74, 6) is 2.68. The average Bonchev–Trinajstić information content (AvgIpc) is 3.05. The van der Waals surface area contributed by atoms with Crippen LogP contribution in [0.25, 0.3) is 0 Å². The average molecular weight is 555 g/mol. The van der Waals surface area contributed by atoms with Gasteiger partial charge in [-0.15, -0.1) is 0 Å². The molecule has 38 heavy (non-hydrogen) atoms. The summed E-state index contributed by atoms with van der Waals surface area (Å²) in [5.41, 5.74) is 4.06. The number of carbonyl (C=O) groups excluding carboxylic acids is 1. The molecule has 0 radical (unpaired) electrons. The number of ether oxygens (including phenoxy) is 1. The third kappa shape index (κ3) is 6.28. The van der Waals surface area contributed by atoms with Crippen molar-refractivity contribution in [1.82, 2.24) is 4.72 Å². The topological polar surface area (TPSA) is 58.6 Å². The zero-order valence-corrected chi connectivity index (χ0v) is 24.0. The van der Waals surface area contributed by atoms with Crippen molar-refractivity contribution in [2.75, 3.05) is 30.3 Å². The summed E-state index contributed by atoms with van der Waals surface area (Å²) in [6, 6.07) is 11.9. The lowest BCUT2D eigenvalue weighted by Crippen LogP contribution is -2.40. The van der Waals surface area contributed by atoms with Gasteiger partial charge in [-0.25, -0.2) is 4.21 Å². The van der Waals surface area contributed by atoms with Gasteiger partial charge in [0.2, 0.25) is 0 Å². The predicted molar refractivity (Wildman–Crippen MR) is 157 cm³/mol. The first-order valence-corrected chi connectivity index (χ1v) is 15.8. The number of nitrogens with zero attached hydrogens (tertiary/aromatic N) is 1. The van der Waals surface area contributed by atoms with Crippen molar-refractivity contribution in [2.24, 2.45) is 17.8 Å². The summed E-state index contributed by atoms with van der Waals surface area (Å²) >= 11 is 6.38. The second kappa shape index (κ2) is 12.3. The highest BCUT2D eigenvalue weighted by molar-refractivity contribution is 7.83. The number of fused-ring (bicyclic) bond motifs is 2. The van der Waals surface area contributed by atoms with Gasteiger partial charge in [0.25, 0.3) is 5.91 Å². The number of benzene rings is 2. The number of hydrogen-bond acceptors (Lipinski definition) is 4. The zero-order chi connectivity index (χ0) is 26.6. The van der Waals surface area contributed by atoms with E-state index in [2.05, 4.69) is 47.8 Å². The molecule has 1 saturated carbocycles. The van der Waals surface area contributed by atoms with Crippen molar-refractivity contribution in [3.63, 3.8) is 0 Å². The van der Waals surface area contributed by atoms with Crippen LogP contribution in [0.4, 0.5) is 5.69 Å². The second-order valence-electron chi connectivity index (χ2n) is 11.3. The Morgan fingerprint density at radius 3 is 2.68 bits per heavy atom. The highest BCUT2D eigenvalue weighted by atomic mass is 35.5. The SMILES string of the molecule is CCCc1cc(Cl)ccc1C1COc2ccc3cc2N(C1)CC1CCC1C/C=C/CC(C)CS(=O)NC3=O. The zero-order valence-electron chi connectivity index (χ0n) is 22.5. The van der Waals surface area contributed by atoms with E-state index in [1.165, 1.54) is 24.0 Å². The molecule has 3 aliphatic rings. The fourth-order valence-electron chi connectivity index (χ4n) is 6.06. The molecule has 1 fully saturated rings. The highest BCUT2D eigenvalue weighted by Crippen LogP contribution is 2.42. The molecule has 5 atom stereocenters. The Hall–Kier alpha value is -2.31. The Balaban J connectivity index is 1.49. The van der Waals surface area contributed by atoms with Gasteiger partial charge in [0.15, 0.2) is 0 Å². The maximum absolute atomic E-state index is 13.1. The van der Waals surface area contributed by atoms with E-state index in [1.54, 1.807) is 6.07 Å². The van der Waals surface area contributed by atoms with E-state index >= 15 is 0 Å². The van der Waals surface area contributed by atoms with Crippen molar-refractivity contribution in [2.45, 2.75) is 58.3 Å². The molecule has 0 spiro atoms. The number of aryl methyl sites for hydroxylation is 1. The van der Waals surface area contributed by atoms with Gasteiger partial charge in [-0.2, -0.15) is 0 Å². The van der Waals surface area contributed by atoms with Crippen LogP contribution in [0.5, 0.6) is 5.75 Å². The van der Waals surface area contributed by atoms with E-state index in [0.29, 0.717) is 29.8 Å². The van der Waals surface area contributed by atoms with Crippen molar-refractivity contribution >= 4 is 34.2 Å². The van der Waals surface area contributed by atoms with Gasteiger partial charge >= 0.3 is 0 Å². The molecular formula is C31H39ClN2O3S.